The van der Waals surface area contributed by atoms with Gasteiger partial charge in [0.1, 0.15) is 0 Å². The second-order valence-electron chi connectivity index (χ2n) is 11.5. The summed E-state index contributed by atoms with van der Waals surface area (Å²) in [5.41, 5.74) is 3.39. The number of halogens is 1. The van der Waals surface area contributed by atoms with Crippen LogP contribution >= 0.6 is 11.6 Å². The number of ether oxygens (including phenoxy) is 4. The molecule has 0 bridgehead atoms. The Bertz CT molecular complexity index is 1480. The molecule has 2 aromatic carbocycles. The minimum atomic E-state index is -1.02. The Hall–Kier alpha value is -4.19. The number of aliphatic carboxylic acids is 2. The average molecular weight is 647 g/mol. The van der Waals surface area contributed by atoms with Gasteiger partial charge >= 0.3 is 11.9 Å². The molecule has 4 rings (SSSR count). The molecule has 244 valence electrons. The molecule has 3 atom stereocenters. The molecule has 0 aromatic heterocycles. The van der Waals surface area contributed by atoms with Gasteiger partial charge in [-0.15, -0.1) is 0 Å². The molecule has 2 N–H and O–H groups in total. The van der Waals surface area contributed by atoms with Crippen molar-refractivity contribution >= 4 is 35.4 Å². The van der Waals surface area contributed by atoms with Crippen molar-refractivity contribution in [2.24, 2.45) is 11.8 Å². The van der Waals surface area contributed by atoms with Crippen LogP contribution in [0.1, 0.15) is 68.3 Å². The van der Waals surface area contributed by atoms with Crippen molar-refractivity contribution < 1.29 is 48.3 Å². The van der Waals surface area contributed by atoms with Crippen molar-refractivity contribution in [3.8, 4) is 23.0 Å². The number of carbonyl (C=O) groups is 4. The van der Waals surface area contributed by atoms with Gasteiger partial charge in [-0.1, -0.05) is 25.4 Å². The number of amides is 2. The van der Waals surface area contributed by atoms with Crippen LogP contribution in [0.25, 0.3) is 0 Å². The van der Waals surface area contributed by atoms with Crippen LogP contribution in [0.3, 0.4) is 0 Å². The molecule has 45 heavy (non-hydrogen) atoms. The third kappa shape index (κ3) is 7.38. The van der Waals surface area contributed by atoms with E-state index in [1.165, 1.54) is 28.1 Å². The van der Waals surface area contributed by atoms with E-state index in [1.807, 2.05) is 19.1 Å². The first-order valence-corrected chi connectivity index (χ1v) is 15.1. The van der Waals surface area contributed by atoms with E-state index >= 15 is 0 Å². The minimum Gasteiger partial charge on any atom is -0.493 e. The van der Waals surface area contributed by atoms with Gasteiger partial charge < -0.3 is 39.0 Å². The quantitative estimate of drug-likeness (QED) is 0.277. The Morgan fingerprint density at radius 3 is 1.93 bits per heavy atom. The van der Waals surface area contributed by atoms with E-state index in [9.17, 15) is 24.3 Å². The Labute approximate surface area is 266 Å². The number of hydrogen-bond donors (Lipinski definition) is 2. The highest BCUT2D eigenvalue weighted by molar-refractivity contribution is 6.33. The molecule has 12 nitrogen and oxygen atoms in total. The van der Waals surface area contributed by atoms with E-state index in [0.717, 1.165) is 22.3 Å². The molecule has 1 unspecified atom stereocenters. The summed E-state index contributed by atoms with van der Waals surface area (Å²) in [6.07, 6.45) is 0.315. The van der Waals surface area contributed by atoms with Gasteiger partial charge in [0.05, 0.1) is 50.3 Å². The van der Waals surface area contributed by atoms with Gasteiger partial charge in [0.15, 0.2) is 23.0 Å². The van der Waals surface area contributed by atoms with E-state index in [1.54, 1.807) is 15.9 Å². The maximum Gasteiger partial charge on any atom is 0.306 e. The Morgan fingerprint density at radius 1 is 0.822 bits per heavy atom. The lowest BCUT2D eigenvalue weighted by Gasteiger charge is -2.23. The van der Waals surface area contributed by atoms with E-state index in [-0.39, 0.29) is 37.3 Å². The number of carboxylic acids is 2. The zero-order chi connectivity index (χ0) is 33.0. The normalized spacial score (nSPS) is 16.4. The largest absolute Gasteiger partial charge is 0.493 e. The van der Waals surface area contributed by atoms with Gasteiger partial charge in [0.2, 0.25) is 11.8 Å². The fourth-order valence-electron chi connectivity index (χ4n) is 5.54. The number of rotatable bonds is 14. The third-order valence-corrected chi connectivity index (χ3v) is 8.61. The summed E-state index contributed by atoms with van der Waals surface area (Å²) in [6, 6.07) is 5.11. The van der Waals surface area contributed by atoms with E-state index in [0.29, 0.717) is 60.7 Å². The second-order valence-corrected chi connectivity index (χ2v) is 11.8. The van der Waals surface area contributed by atoms with E-state index in [4.69, 9.17) is 35.7 Å². The Balaban J connectivity index is 1.36. The Kier molecular flexibility index (Phi) is 10.7. The van der Waals surface area contributed by atoms with Gasteiger partial charge in [-0.25, -0.2) is 0 Å². The smallest absolute Gasteiger partial charge is 0.306 e. The SMILES string of the molecule is COc1cc2c(cc1OCCCOc1c(OC)cc3c(c1Cl)C(C)N(C(=O)C[C@H](C)C(=O)O)C3)CN(C(=O)C[C@H](C)C(=O)O)C2. The lowest BCUT2D eigenvalue weighted by atomic mass is 10.0. The van der Waals surface area contributed by atoms with Crippen molar-refractivity contribution in [3.05, 3.63) is 45.5 Å². The van der Waals surface area contributed by atoms with E-state index < -0.39 is 23.8 Å². The van der Waals surface area contributed by atoms with Gasteiger partial charge in [-0.2, -0.15) is 0 Å². The summed E-state index contributed by atoms with van der Waals surface area (Å²) in [6.45, 7) is 6.44. The van der Waals surface area contributed by atoms with Crippen LogP contribution in [0, 0.1) is 11.8 Å². The number of methoxy groups -OCH3 is 2. The fourth-order valence-corrected chi connectivity index (χ4v) is 5.96. The lowest BCUT2D eigenvalue weighted by Crippen LogP contribution is -2.30. The molecule has 0 spiro atoms. The number of hydrogen-bond acceptors (Lipinski definition) is 8. The van der Waals surface area contributed by atoms with Gasteiger partial charge in [0.25, 0.3) is 0 Å². The first-order valence-electron chi connectivity index (χ1n) is 14.7. The highest BCUT2D eigenvalue weighted by Crippen LogP contribution is 2.47. The molecule has 0 radical (unpaired) electrons. The summed E-state index contributed by atoms with van der Waals surface area (Å²) >= 11 is 6.80. The molecule has 2 heterocycles. The van der Waals surface area contributed by atoms with Crippen LogP contribution in [0.5, 0.6) is 23.0 Å². The van der Waals surface area contributed by atoms with Gasteiger partial charge in [0, 0.05) is 44.5 Å². The van der Waals surface area contributed by atoms with Crippen molar-refractivity contribution in [1.29, 1.82) is 0 Å². The highest BCUT2D eigenvalue weighted by Gasteiger charge is 2.36. The van der Waals surface area contributed by atoms with Crippen LogP contribution in [-0.4, -0.2) is 71.2 Å². The van der Waals surface area contributed by atoms with Crippen molar-refractivity contribution in [2.45, 2.75) is 65.7 Å². The number of nitrogens with zero attached hydrogens (tertiary/aromatic N) is 2. The molecule has 13 heteroatoms. The Morgan fingerprint density at radius 2 is 1.36 bits per heavy atom. The molecule has 0 aliphatic carbocycles. The first-order chi connectivity index (χ1) is 21.4. The summed E-state index contributed by atoms with van der Waals surface area (Å²) in [5.74, 6) is -2.24. The van der Waals surface area contributed by atoms with Crippen molar-refractivity contribution in [2.75, 3.05) is 27.4 Å². The zero-order valence-corrected chi connectivity index (χ0v) is 26.8. The standard InChI is InChI=1S/C32H39ClN2O10/c1-17(31(38)39)9-26(36)34-14-20-11-23(42-4)24(12-21(20)15-34)44-7-6-8-45-30-25(43-5)13-22-16-35(19(3)28(22)29(30)33)27(37)10-18(2)32(40)41/h11-13,17-19H,6-10,14-16H2,1-5H3,(H,38,39)(H,40,41)/t17-,18-,19?/m0/s1. The van der Waals surface area contributed by atoms with Crippen LogP contribution in [0.15, 0.2) is 18.2 Å². The van der Waals surface area contributed by atoms with Crippen molar-refractivity contribution in [3.63, 3.8) is 0 Å². The lowest BCUT2D eigenvalue weighted by molar-refractivity contribution is -0.146. The summed E-state index contributed by atoms with van der Waals surface area (Å²) in [7, 11) is 3.04. The molecule has 0 saturated carbocycles. The summed E-state index contributed by atoms with van der Waals surface area (Å²) < 4.78 is 23.1. The molecule has 0 saturated heterocycles. The fraction of sp³-hybridized carbons (Fsp3) is 0.500. The minimum absolute atomic E-state index is 0.0653. The van der Waals surface area contributed by atoms with Crippen LogP contribution in [-0.2, 0) is 38.8 Å². The first kappa shape index (κ1) is 33.7. The van der Waals surface area contributed by atoms with E-state index in [2.05, 4.69) is 0 Å². The monoisotopic (exact) mass is 646 g/mol. The maximum atomic E-state index is 12.9. The number of carboxylic acid groups (broad SMARTS) is 2. The van der Waals surface area contributed by atoms with Gasteiger partial charge in [-0.3, -0.25) is 19.2 Å². The number of benzene rings is 2. The average Bonchev–Trinajstić information content (AvgIpc) is 3.57. The molecular formula is C32H39ClN2O10. The van der Waals surface area contributed by atoms with Gasteiger partial charge in [-0.05, 0) is 41.8 Å². The van der Waals surface area contributed by atoms with Crippen molar-refractivity contribution in [1.82, 2.24) is 9.80 Å². The molecule has 2 aromatic rings. The summed E-state index contributed by atoms with van der Waals surface area (Å²) in [4.78, 5) is 51.1. The topological polar surface area (TPSA) is 152 Å². The highest BCUT2D eigenvalue weighted by atomic mass is 35.5. The van der Waals surface area contributed by atoms with Crippen LogP contribution in [0.2, 0.25) is 5.02 Å². The molecule has 2 aliphatic rings. The predicted molar refractivity (Wildman–Crippen MR) is 163 cm³/mol. The number of fused-ring (bicyclic) bond motifs is 2. The molecule has 2 amide bonds. The zero-order valence-electron chi connectivity index (χ0n) is 26.1. The predicted octanol–water partition coefficient (Wildman–Crippen LogP) is 4.67. The van der Waals surface area contributed by atoms with Crippen LogP contribution in [0.4, 0.5) is 0 Å². The second kappa shape index (κ2) is 14.3. The maximum absolute atomic E-state index is 12.9. The van der Waals surface area contributed by atoms with Crippen LogP contribution < -0.4 is 18.9 Å². The molecule has 2 aliphatic heterocycles. The number of carbonyl (C=O) groups excluding carboxylic acids is 2. The molecule has 0 fully saturated rings. The summed E-state index contributed by atoms with van der Waals surface area (Å²) in [5, 5.41) is 18.7. The third-order valence-electron chi connectivity index (χ3n) is 8.24. The molecular weight excluding hydrogens is 608 g/mol.